The number of hydrogen-bond acceptors (Lipinski definition) is 9. The third-order valence-corrected chi connectivity index (χ3v) is 5.42. The van der Waals surface area contributed by atoms with Gasteiger partial charge in [-0.2, -0.15) is 5.26 Å². The molecule has 4 atom stereocenters. The van der Waals surface area contributed by atoms with E-state index in [1.54, 1.807) is 41.1 Å². The van der Waals surface area contributed by atoms with E-state index in [0.29, 0.717) is 16.6 Å². The van der Waals surface area contributed by atoms with Crippen molar-refractivity contribution in [2.45, 2.75) is 32.3 Å². The van der Waals surface area contributed by atoms with Crippen LogP contribution in [0.1, 0.15) is 36.0 Å². The standard InChI is InChI=1S/C22H21N5O5/c1-12-16(10-30-22(29)14-6-4-3-5-7-14)32-21(18(12)31-13(2)28)27-9-15(8-23)17-19(24)25-11-26-20(17)27/h3-7,9,11-12,16,18,21H,10H2,1-2H3,(H2,24,25,26)/t12-,16-,18-,21?/m1/s1. The van der Waals surface area contributed by atoms with Gasteiger partial charge in [-0.3, -0.25) is 4.79 Å². The first kappa shape index (κ1) is 21.3. The van der Waals surface area contributed by atoms with Crippen LogP contribution in [0.5, 0.6) is 0 Å². The number of nitrogens with two attached hydrogens (primary N) is 1. The number of nitrogen functional groups attached to an aromatic ring is 1. The van der Waals surface area contributed by atoms with Gasteiger partial charge in [-0.05, 0) is 12.1 Å². The molecule has 0 amide bonds. The molecule has 0 bridgehead atoms. The first-order valence-electron chi connectivity index (χ1n) is 9.96. The summed E-state index contributed by atoms with van der Waals surface area (Å²) >= 11 is 0. The van der Waals surface area contributed by atoms with Crippen molar-refractivity contribution >= 4 is 28.8 Å². The molecule has 10 nitrogen and oxygen atoms in total. The van der Waals surface area contributed by atoms with Gasteiger partial charge < -0.3 is 24.5 Å². The van der Waals surface area contributed by atoms with Crippen LogP contribution in [-0.2, 0) is 19.0 Å². The van der Waals surface area contributed by atoms with E-state index in [-0.39, 0.29) is 23.9 Å². The Labute approximate surface area is 183 Å². The van der Waals surface area contributed by atoms with E-state index in [9.17, 15) is 14.9 Å². The van der Waals surface area contributed by atoms with Crippen molar-refractivity contribution in [3.63, 3.8) is 0 Å². The lowest BCUT2D eigenvalue weighted by atomic mass is 10.0. The van der Waals surface area contributed by atoms with Gasteiger partial charge in [0.25, 0.3) is 0 Å². The van der Waals surface area contributed by atoms with Gasteiger partial charge in [-0.25, -0.2) is 14.8 Å². The predicted octanol–water partition coefficient (Wildman–Crippen LogP) is 2.21. The number of hydrogen-bond donors (Lipinski definition) is 1. The van der Waals surface area contributed by atoms with Gasteiger partial charge in [0.1, 0.15) is 36.6 Å². The van der Waals surface area contributed by atoms with Crippen LogP contribution in [0, 0.1) is 17.2 Å². The predicted molar refractivity (Wildman–Crippen MR) is 112 cm³/mol. The monoisotopic (exact) mass is 435 g/mol. The molecule has 1 unspecified atom stereocenters. The molecule has 1 aromatic carbocycles. The maximum atomic E-state index is 12.3. The zero-order chi connectivity index (χ0) is 22.8. The van der Waals surface area contributed by atoms with Gasteiger partial charge >= 0.3 is 11.9 Å². The first-order valence-corrected chi connectivity index (χ1v) is 9.96. The van der Waals surface area contributed by atoms with Crippen LogP contribution in [-0.4, -0.2) is 45.3 Å². The largest absolute Gasteiger partial charge is 0.459 e. The Morgan fingerprint density at radius 3 is 2.72 bits per heavy atom. The molecule has 1 saturated heterocycles. The van der Waals surface area contributed by atoms with Crippen LogP contribution in [0.3, 0.4) is 0 Å². The number of carbonyl (C=O) groups excluding carboxylic acids is 2. The number of aromatic nitrogens is 3. The summed E-state index contributed by atoms with van der Waals surface area (Å²) in [5.74, 6) is -1.11. The molecule has 0 radical (unpaired) electrons. The van der Waals surface area contributed by atoms with Gasteiger partial charge in [0.05, 0.1) is 16.5 Å². The van der Waals surface area contributed by atoms with Crippen LogP contribution in [0.15, 0.2) is 42.9 Å². The van der Waals surface area contributed by atoms with Gasteiger partial charge in [-0.1, -0.05) is 25.1 Å². The molecule has 3 aromatic rings. The van der Waals surface area contributed by atoms with Gasteiger partial charge in [-0.15, -0.1) is 0 Å². The molecule has 1 aliphatic heterocycles. The molecule has 1 fully saturated rings. The zero-order valence-electron chi connectivity index (χ0n) is 17.5. The number of ether oxygens (including phenoxy) is 3. The normalized spacial score (nSPS) is 22.4. The van der Waals surface area contributed by atoms with E-state index in [1.807, 2.05) is 6.92 Å². The van der Waals surface area contributed by atoms with Crippen molar-refractivity contribution in [3.8, 4) is 6.07 Å². The van der Waals surface area contributed by atoms with Gasteiger partial charge in [0.15, 0.2) is 12.3 Å². The van der Waals surface area contributed by atoms with Crippen molar-refractivity contribution in [1.82, 2.24) is 14.5 Å². The highest BCUT2D eigenvalue weighted by molar-refractivity contribution is 5.92. The Morgan fingerprint density at radius 1 is 1.28 bits per heavy atom. The molecule has 10 heteroatoms. The molecule has 4 rings (SSSR count). The second-order valence-corrected chi connectivity index (χ2v) is 7.48. The lowest BCUT2D eigenvalue weighted by Crippen LogP contribution is -2.31. The maximum absolute atomic E-state index is 12.3. The molecular weight excluding hydrogens is 414 g/mol. The average molecular weight is 435 g/mol. The highest BCUT2D eigenvalue weighted by Gasteiger charge is 2.46. The van der Waals surface area contributed by atoms with Crippen molar-refractivity contribution in [2.75, 3.05) is 12.3 Å². The van der Waals surface area contributed by atoms with Gasteiger partial charge in [0.2, 0.25) is 0 Å². The minimum Gasteiger partial charge on any atom is -0.459 e. The van der Waals surface area contributed by atoms with Crippen LogP contribution >= 0.6 is 0 Å². The molecular formula is C22H21N5O5. The first-order chi connectivity index (χ1) is 15.4. The molecule has 164 valence electrons. The highest BCUT2D eigenvalue weighted by Crippen LogP contribution is 2.39. The van der Waals surface area contributed by atoms with Crippen LogP contribution in [0.4, 0.5) is 5.82 Å². The fourth-order valence-electron chi connectivity index (χ4n) is 3.83. The summed E-state index contributed by atoms with van der Waals surface area (Å²) < 4.78 is 18.8. The summed E-state index contributed by atoms with van der Waals surface area (Å²) in [5.41, 5.74) is 7.03. The van der Waals surface area contributed by atoms with Crippen LogP contribution < -0.4 is 5.73 Å². The van der Waals surface area contributed by atoms with Crippen molar-refractivity contribution < 1.29 is 23.8 Å². The zero-order valence-corrected chi connectivity index (χ0v) is 17.5. The molecule has 3 heterocycles. The van der Waals surface area contributed by atoms with Crippen molar-refractivity contribution in [1.29, 1.82) is 5.26 Å². The fraction of sp³-hybridized carbons (Fsp3) is 0.318. The summed E-state index contributed by atoms with van der Waals surface area (Å²) in [5, 5.41) is 9.92. The van der Waals surface area contributed by atoms with E-state index in [2.05, 4.69) is 16.0 Å². The Hall–Kier alpha value is -3.97. The van der Waals surface area contributed by atoms with E-state index < -0.39 is 30.4 Å². The minimum absolute atomic E-state index is 0.0371. The minimum atomic E-state index is -0.798. The summed E-state index contributed by atoms with van der Waals surface area (Å²) in [4.78, 5) is 32.3. The summed E-state index contributed by atoms with van der Waals surface area (Å²) in [6.07, 6.45) is 0.772. The van der Waals surface area contributed by atoms with Gasteiger partial charge in [0, 0.05) is 19.0 Å². The average Bonchev–Trinajstić information content (AvgIpc) is 3.31. The van der Waals surface area contributed by atoms with E-state index in [0.717, 1.165) is 0 Å². The van der Waals surface area contributed by atoms with E-state index in [4.69, 9.17) is 19.9 Å². The van der Waals surface area contributed by atoms with E-state index in [1.165, 1.54) is 13.3 Å². The Kier molecular flexibility index (Phi) is 5.75. The number of nitrogens with zero attached hydrogens (tertiary/aromatic N) is 4. The van der Waals surface area contributed by atoms with E-state index >= 15 is 0 Å². The van der Waals surface area contributed by atoms with Crippen molar-refractivity contribution in [3.05, 3.63) is 54.0 Å². The second kappa shape index (κ2) is 8.64. The third kappa shape index (κ3) is 3.86. The number of benzene rings is 1. The Morgan fingerprint density at radius 2 is 2.03 bits per heavy atom. The van der Waals surface area contributed by atoms with Crippen LogP contribution in [0.25, 0.3) is 11.0 Å². The molecule has 0 saturated carbocycles. The molecule has 2 N–H and O–H groups in total. The number of carbonyl (C=O) groups is 2. The molecule has 32 heavy (non-hydrogen) atoms. The summed E-state index contributed by atoms with van der Waals surface area (Å²) in [6.45, 7) is 3.11. The lowest BCUT2D eigenvalue weighted by molar-refractivity contribution is -0.153. The number of nitriles is 1. The SMILES string of the molecule is CC(=O)O[C@H]1C(n2cc(C#N)c3c(N)ncnc32)O[C@H](COC(=O)c2ccccc2)[C@H]1C. The third-order valence-electron chi connectivity index (χ3n) is 5.42. The number of rotatable bonds is 5. The molecule has 2 aromatic heterocycles. The number of esters is 2. The fourth-order valence-corrected chi connectivity index (χ4v) is 3.83. The van der Waals surface area contributed by atoms with Crippen molar-refractivity contribution in [2.24, 2.45) is 5.92 Å². The summed E-state index contributed by atoms with van der Waals surface area (Å²) in [6, 6.07) is 10.7. The number of anilines is 1. The lowest BCUT2D eigenvalue weighted by Gasteiger charge is -2.22. The topological polar surface area (TPSA) is 142 Å². The quantitative estimate of drug-likeness (QED) is 0.597. The second-order valence-electron chi connectivity index (χ2n) is 7.48. The molecule has 0 aliphatic carbocycles. The maximum Gasteiger partial charge on any atom is 0.338 e. The van der Waals surface area contributed by atoms with Crippen LogP contribution in [0.2, 0.25) is 0 Å². The summed E-state index contributed by atoms with van der Waals surface area (Å²) in [7, 11) is 0. The Bertz CT molecular complexity index is 1200. The highest BCUT2D eigenvalue weighted by atomic mass is 16.6. The molecule has 1 aliphatic rings. The number of fused-ring (bicyclic) bond motifs is 1. The molecule has 0 spiro atoms. The Balaban J connectivity index is 1.63. The smallest absolute Gasteiger partial charge is 0.338 e.